The van der Waals surface area contributed by atoms with Gasteiger partial charge in [-0.05, 0) is 50.1 Å². The van der Waals surface area contributed by atoms with Crippen LogP contribution >= 0.6 is 19.4 Å². The molecule has 0 aliphatic carbocycles. The first-order valence-corrected chi connectivity index (χ1v) is 21.4. The summed E-state index contributed by atoms with van der Waals surface area (Å²) in [6.45, 7) is 20.4. The Morgan fingerprint density at radius 3 is 1.98 bits per heavy atom. The molecule has 1 aliphatic rings. The van der Waals surface area contributed by atoms with Crippen LogP contribution in [0.2, 0.25) is 0 Å². The van der Waals surface area contributed by atoms with Gasteiger partial charge >= 0.3 is 97.8 Å². The fraction of sp³-hybridized carbons (Fsp3) is 0.300. The summed E-state index contributed by atoms with van der Waals surface area (Å²) in [7, 11) is 11.6. The number of fused-ring (bicyclic) bond motifs is 1. The molecule has 0 bridgehead atoms. The summed E-state index contributed by atoms with van der Waals surface area (Å²) in [6.07, 6.45) is 0.163. The molecule has 3 nitrogen and oxygen atoms in total. The van der Waals surface area contributed by atoms with Crippen molar-refractivity contribution in [3.05, 3.63) is 112 Å². The molecule has 0 unspecified atom stereocenters. The fourth-order valence-electron chi connectivity index (χ4n) is 6.98. The number of benzene rings is 4. The van der Waals surface area contributed by atoms with Gasteiger partial charge in [-0.2, -0.15) is 0 Å². The maximum Gasteiger partial charge on any atom is 0.0673 e. The van der Waals surface area contributed by atoms with E-state index in [1.54, 1.807) is 0 Å². The van der Waals surface area contributed by atoms with E-state index in [-0.39, 0.29) is 6.10 Å². The molecule has 46 heavy (non-hydrogen) atoms. The number of ether oxygens (including phenoxy) is 1. The quantitative estimate of drug-likeness (QED) is 0.139. The van der Waals surface area contributed by atoms with Crippen molar-refractivity contribution in [2.24, 2.45) is 0 Å². The van der Waals surface area contributed by atoms with Crippen molar-refractivity contribution >= 4 is 40.5 Å². The monoisotopic (exact) mass is 741 g/mol. The molecular weight excluding hydrogens is 696 g/mol. The predicted octanol–water partition coefficient (Wildman–Crippen LogP) is 10.7. The zero-order chi connectivity index (χ0) is 33.1. The molecule has 0 saturated carbocycles. The third-order valence-electron chi connectivity index (χ3n) is 8.44. The number of rotatable bonds is 6. The van der Waals surface area contributed by atoms with Crippen LogP contribution in [0.4, 0.5) is 5.69 Å². The maximum atomic E-state index is 5.82. The number of nitrogens with one attached hydrogen (secondary N) is 1. The van der Waals surface area contributed by atoms with Crippen molar-refractivity contribution in [3.8, 4) is 28.0 Å². The van der Waals surface area contributed by atoms with Crippen molar-refractivity contribution in [1.29, 1.82) is 0 Å². The fourth-order valence-corrected chi connectivity index (χ4v) is 8.78. The minimum absolute atomic E-state index is 0.163. The number of nitrogens with zero attached hydrogens (tertiary/aromatic N) is 1. The Morgan fingerprint density at radius 2 is 1.39 bits per heavy atom. The van der Waals surface area contributed by atoms with Gasteiger partial charge in [0.1, 0.15) is 0 Å². The number of hydrogen-bond acceptors (Lipinski definition) is 3. The Morgan fingerprint density at radius 1 is 0.804 bits per heavy atom. The van der Waals surface area contributed by atoms with Crippen molar-refractivity contribution in [2.45, 2.75) is 61.5 Å². The summed E-state index contributed by atoms with van der Waals surface area (Å²) in [5, 5.41) is 6.30. The van der Waals surface area contributed by atoms with E-state index in [4.69, 9.17) is 24.1 Å². The smallest absolute Gasteiger partial charge is 0.0673 e. The van der Waals surface area contributed by atoms with E-state index in [1.807, 2.05) is 42.7 Å². The number of anilines is 1. The van der Waals surface area contributed by atoms with E-state index in [0.717, 1.165) is 31.1 Å². The Bertz CT molecular complexity index is 1750. The number of hydrogen-bond donors (Lipinski definition) is 1. The second kappa shape index (κ2) is 14.9. The SMILES string of the molecule is CC(C)Oc1ccccc1[CH]=[Ru]([Cl])[Cl].Cc1cc(C)c(-c2c(N3CCNC3)[c-](-c3c(C)cc(C)cc3C)c3ccccc23)c(C)c1. The topological polar surface area (TPSA) is 24.5 Å². The van der Waals surface area contributed by atoms with Crippen LogP contribution in [0.15, 0.2) is 72.8 Å². The molecule has 0 amide bonds. The Balaban J connectivity index is 0.000000251. The third kappa shape index (κ3) is 7.47. The van der Waals surface area contributed by atoms with Crippen LogP contribution in [-0.4, -0.2) is 30.5 Å². The van der Waals surface area contributed by atoms with Crippen LogP contribution in [0.1, 0.15) is 52.8 Å². The molecule has 244 valence electrons. The molecule has 0 radical (unpaired) electrons. The summed E-state index contributed by atoms with van der Waals surface area (Å²) in [6, 6.07) is 26.1. The van der Waals surface area contributed by atoms with Gasteiger partial charge in [-0.3, -0.25) is 5.32 Å². The standard InChI is InChI=1S/C30H33N2.C10H12O.2ClH.Ru/c1-18-13-20(3)26(21(4)14-18)28-24-9-7-8-10-25(24)29(30(28)32-12-11-31-17-32)27-22(5)15-19(2)16-23(27)6;1-8(2)11-10-7-5-4-6-9(10)3;;;/h7-10,13-16,31H,11-12,17H2,1-6H3;3-8H,1-2H3;2*1H;/q-1;;;;+2/p-2. The Kier molecular flexibility index (Phi) is 11.2. The average Bonchev–Trinajstić information content (AvgIpc) is 3.60. The van der Waals surface area contributed by atoms with Crippen LogP contribution < -0.4 is 15.0 Å². The molecule has 0 atom stereocenters. The average molecular weight is 742 g/mol. The molecule has 6 rings (SSSR count). The summed E-state index contributed by atoms with van der Waals surface area (Å²) >= 11 is -1.77. The molecule has 1 heterocycles. The first-order valence-electron chi connectivity index (χ1n) is 15.9. The van der Waals surface area contributed by atoms with Crippen LogP contribution in [0, 0.1) is 41.5 Å². The zero-order valence-corrected chi connectivity index (χ0v) is 31.4. The normalized spacial score (nSPS) is 13.2. The second-order valence-corrected chi connectivity index (χ2v) is 18.3. The van der Waals surface area contributed by atoms with Gasteiger partial charge in [-0.1, -0.05) is 106 Å². The molecule has 0 aromatic heterocycles. The maximum absolute atomic E-state index is 5.82. The predicted molar refractivity (Wildman–Crippen MR) is 198 cm³/mol. The molecule has 1 saturated heterocycles. The number of halogens is 2. The first kappa shape index (κ1) is 34.5. The summed E-state index contributed by atoms with van der Waals surface area (Å²) in [5.41, 5.74) is 16.0. The second-order valence-electron chi connectivity index (χ2n) is 12.6. The van der Waals surface area contributed by atoms with Crippen LogP contribution in [0.25, 0.3) is 33.0 Å². The van der Waals surface area contributed by atoms with E-state index in [0.29, 0.717) is 0 Å². The van der Waals surface area contributed by atoms with Crippen molar-refractivity contribution < 1.29 is 18.3 Å². The third-order valence-corrected chi connectivity index (χ3v) is 10.3. The molecule has 5 aromatic carbocycles. The number of aryl methyl sites for hydroxylation is 6. The van der Waals surface area contributed by atoms with E-state index in [2.05, 4.69) is 100 Å². The minimum Gasteiger partial charge on any atom is -0.367 e. The molecular formula is C40H45Cl2N2ORu-. The molecule has 6 heteroatoms. The van der Waals surface area contributed by atoms with Gasteiger partial charge in [0.15, 0.2) is 0 Å². The van der Waals surface area contributed by atoms with Gasteiger partial charge in [0.05, 0.1) is 6.67 Å². The van der Waals surface area contributed by atoms with E-state index >= 15 is 0 Å². The van der Waals surface area contributed by atoms with Gasteiger partial charge in [0, 0.05) is 13.1 Å². The molecule has 1 N–H and O–H groups in total. The first-order chi connectivity index (χ1) is 22.0. The van der Waals surface area contributed by atoms with E-state index in [1.165, 1.54) is 72.1 Å². The Labute approximate surface area is 288 Å². The van der Waals surface area contributed by atoms with Gasteiger partial charge in [0.2, 0.25) is 0 Å². The summed E-state index contributed by atoms with van der Waals surface area (Å²) in [5.74, 6) is 0.850. The van der Waals surface area contributed by atoms with Gasteiger partial charge in [0.25, 0.3) is 0 Å². The molecule has 0 spiro atoms. The molecule has 1 aliphatic heterocycles. The summed E-state index contributed by atoms with van der Waals surface area (Å²) in [4.78, 5) is 2.56. The molecule has 1 fully saturated rings. The van der Waals surface area contributed by atoms with Crippen molar-refractivity contribution in [2.75, 3.05) is 24.7 Å². The van der Waals surface area contributed by atoms with E-state index in [9.17, 15) is 0 Å². The molecule has 5 aromatic rings. The largest absolute Gasteiger partial charge is 0.367 e. The van der Waals surface area contributed by atoms with Crippen molar-refractivity contribution in [1.82, 2.24) is 5.32 Å². The van der Waals surface area contributed by atoms with Gasteiger partial charge in [-0.25, -0.2) is 0 Å². The zero-order valence-electron chi connectivity index (χ0n) is 28.2. The van der Waals surface area contributed by atoms with Crippen LogP contribution in [-0.2, 0) is 13.5 Å². The number of para-hydroxylation sites is 1. The van der Waals surface area contributed by atoms with Crippen LogP contribution in [0.5, 0.6) is 5.75 Å². The van der Waals surface area contributed by atoms with E-state index < -0.39 is 13.5 Å². The van der Waals surface area contributed by atoms with Crippen LogP contribution in [0.3, 0.4) is 0 Å². The van der Waals surface area contributed by atoms with Gasteiger partial charge < -0.3 is 4.90 Å². The van der Waals surface area contributed by atoms with Crippen molar-refractivity contribution in [3.63, 3.8) is 0 Å². The van der Waals surface area contributed by atoms with Gasteiger partial charge in [-0.15, -0.1) is 6.07 Å². The summed E-state index contributed by atoms with van der Waals surface area (Å²) < 4.78 is 7.51. The Hall–Kier alpha value is -2.88. The minimum atomic E-state index is -1.77.